The predicted molar refractivity (Wildman–Crippen MR) is 63.6 cm³/mol. The third-order valence-electron chi connectivity index (χ3n) is 2.95. The number of benzene rings is 1. The van der Waals surface area contributed by atoms with Crippen LogP contribution in [0.2, 0.25) is 0 Å². The molecule has 1 aromatic carbocycles. The van der Waals surface area contributed by atoms with Crippen LogP contribution in [0.5, 0.6) is 0 Å². The van der Waals surface area contributed by atoms with Gasteiger partial charge in [-0.05, 0) is 18.1 Å². The smallest absolute Gasteiger partial charge is 0.309 e. The molecule has 0 saturated heterocycles. The van der Waals surface area contributed by atoms with E-state index in [0.717, 1.165) is 23.0 Å². The van der Waals surface area contributed by atoms with Crippen molar-refractivity contribution in [3.05, 3.63) is 35.5 Å². The molecule has 2 aromatic rings. The average Bonchev–Trinajstić information content (AvgIpc) is 2.55. The molecule has 0 amide bonds. The topological polar surface area (TPSA) is 42.2 Å². The second-order valence-electron chi connectivity index (χ2n) is 3.97. The summed E-state index contributed by atoms with van der Waals surface area (Å²) < 4.78 is 1.99. The lowest BCUT2D eigenvalue weighted by Crippen LogP contribution is -2.05. The monoisotopic (exact) mass is 217 g/mol. The van der Waals surface area contributed by atoms with E-state index in [1.54, 1.807) is 0 Å². The van der Waals surface area contributed by atoms with Gasteiger partial charge in [-0.2, -0.15) is 0 Å². The molecule has 1 heterocycles. The normalized spacial score (nSPS) is 10.9. The number of nitrogens with zero attached hydrogens (tertiary/aromatic N) is 1. The highest BCUT2D eigenvalue weighted by atomic mass is 16.4. The number of carbonyl (C=O) groups is 1. The maximum Gasteiger partial charge on any atom is 0.309 e. The van der Waals surface area contributed by atoms with Crippen molar-refractivity contribution in [2.24, 2.45) is 7.05 Å². The third-order valence-corrected chi connectivity index (χ3v) is 2.95. The maximum absolute atomic E-state index is 10.7. The zero-order valence-electron chi connectivity index (χ0n) is 9.53. The van der Waals surface area contributed by atoms with Gasteiger partial charge in [0.25, 0.3) is 0 Å². The zero-order chi connectivity index (χ0) is 11.7. The number of hydrogen-bond donors (Lipinski definition) is 1. The summed E-state index contributed by atoms with van der Waals surface area (Å²) in [7, 11) is 1.93. The van der Waals surface area contributed by atoms with E-state index in [0.29, 0.717) is 0 Å². The molecule has 0 aliphatic carbocycles. The summed E-state index contributed by atoms with van der Waals surface area (Å²) in [6.45, 7) is 2.11. The second kappa shape index (κ2) is 4.00. The van der Waals surface area contributed by atoms with Gasteiger partial charge in [0.05, 0.1) is 11.9 Å². The molecule has 0 bridgehead atoms. The first-order valence-corrected chi connectivity index (χ1v) is 5.41. The van der Waals surface area contributed by atoms with E-state index in [4.69, 9.17) is 5.11 Å². The molecule has 0 radical (unpaired) electrons. The Morgan fingerprint density at radius 1 is 1.44 bits per heavy atom. The molecular formula is C13H15NO2. The van der Waals surface area contributed by atoms with E-state index in [-0.39, 0.29) is 6.42 Å². The summed E-state index contributed by atoms with van der Waals surface area (Å²) in [5, 5.41) is 9.95. The highest BCUT2D eigenvalue weighted by molar-refractivity contribution is 5.85. The number of carboxylic acid groups (broad SMARTS) is 1. The van der Waals surface area contributed by atoms with Gasteiger partial charge in [-0.3, -0.25) is 4.79 Å². The number of hydrogen-bond acceptors (Lipinski definition) is 1. The summed E-state index contributed by atoms with van der Waals surface area (Å²) in [6.07, 6.45) is 1.04. The van der Waals surface area contributed by atoms with Gasteiger partial charge in [0.2, 0.25) is 0 Å². The Bertz CT molecular complexity index is 540. The van der Waals surface area contributed by atoms with E-state index < -0.39 is 5.97 Å². The fraction of sp³-hybridized carbons (Fsp3) is 0.308. The number of aliphatic carboxylic acids is 1. The van der Waals surface area contributed by atoms with Gasteiger partial charge in [0.1, 0.15) is 0 Å². The number of carboxylic acids is 1. The highest BCUT2D eigenvalue weighted by Crippen LogP contribution is 2.23. The Morgan fingerprint density at radius 3 is 2.81 bits per heavy atom. The molecule has 2 rings (SSSR count). The lowest BCUT2D eigenvalue weighted by Gasteiger charge is -2.05. The van der Waals surface area contributed by atoms with Gasteiger partial charge in [-0.1, -0.05) is 25.1 Å². The van der Waals surface area contributed by atoms with Gasteiger partial charge in [0.15, 0.2) is 0 Å². The van der Waals surface area contributed by atoms with Gasteiger partial charge in [-0.25, -0.2) is 0 Å². The van der Waals surface area contributed by atoms with Crippen LogP contribution in [0.4, 0.5) is 0 Å². The van der Waals surface area contributed by atoms with Gasteiger partial charge < -0.3 is 9.67 Å². The largest absolute Gasteiger partial charge is 0.481 e. The fourth-order valence-electron chi connectivity index (χ4n) is 2.17. The minimum Gasteiger partial charge on any atom is -0.481 e. The molecule has 3 nitrogen and oxygen atoms in total. The Labute approximate surface area is 94.3 Å². The predicted octanol–water partition coefficient (Wildman–Crippen LogP) is 2.37. The molecule has 0 unspecified atom stereocenters. The number of rotatable bonds is 3. The quantitative estimate of drug-likeness (QED) is 0.857. The van der Waals surface area contributed by atoms with Crippen LogP contribution in [-0.4, -0.2) is 15.6 Å². The van der Waals surface area contributed by atoms with Crippen molar-refractivity contribution in [2.45, 2.75) is 19.8 Å². The van der Waals surface area contributed by atoms with Crippen LogP contribution in [0, 0.1) is 0 Å². The van der Waals surface area contributed by atoms with Crippen molar-refractivity contribution in [3.8, 4) is 0 Å². The molecule has 0 spiro atoms. The standard InChI is InChI=1S/C13H15NO2/c1-3-9-5-4-6-10-7-11(8-12(15)16)14(2)13(9)10/h4-7H,3,8H2,1-2H3,(H,15,16). The van der Waals surface area contributed by atoms with Crippen LogP contribution in [0.3, 0.4) is 0 Å². The van der Waals surface area contributed by atoms with E-state index in [1.165, 1.54) is 5.56 Å². The summed E-state index contributed by atoms with van der Waals surface area (Å²) in [6, 6.07) is 8.10. The van der Waals surface area contributed by atoms with Crippen LogP contribution < -0.4 is 0 Å². The number of aryl methyl sites for hydroxylation is 2. The summed E-state index contributed by atoms with van der Waals surface area (Å²) in [5.74, 6) is -0.788. The number of fused-ring (bicyclic) bond motifs is 1. The molecule has 0 saturated carbocycles. The van der Waals surface area contributed by atoms with Crippen LogP contribution >= 0.6 is 0 Å². The molecular weight excluding hydrogens is 202 g/mol. The van der Waals surface area contributed by atoms with Crippen molar-refractivity contribution < 1.29 is 9.90 Å². The molecule has 84 valence electrons. The van der Waals surface area contributed by atoms with Crippen molar-refractivity contribution in [1.29, 1.82) is 0 Å². The van der Waals surface area contributed by atoms with Gasteiger partial charge >= 0.3 is 5.97 Å². The van der Waals surface area contributed by atoms with E-state index in [2.05, 4.69) is 13.0 Å². The molecule has 0 aliphatic heterocycles. The first-order valence-electron chi connectivity index (χ1n) is 5.41. The Balaban J connectivity index is 2.63. The van der Waals surface area contributed by atoms with E-state index >= 15 is 0 Å². The SMILES string of the molecule is CCc1cccc2cc(CC(=O)O)n(C)c12. The Hall–Kier alpha value is -1.77. The Morgan fingerprint density at radius 2 is 2.19 bits per heavy atom. The molecule has 0 fully saturated rings. The molecule has 1 aromatic heterocycles. The molecule has 3 heteroatoms. The highest BCUT2D eigenvalue weighted by Gasteiger charge is 2.10. The number of aromatic nitrogens is 1. The number of para-hydroxylation sites is 1. The molecule has 0 aliphatic rings. The molecule has 0 atom stereocenters. The summed E-state index contributed by atoms with van der Waals surface area (Å²) in [4.78, 5) is 10.7. The van der Waals surface area contributed by atoms with Crippen molar-refractivity contribution in [1.82, 2.24) is 4.57 Å². The summed E-state index contributed by atoms with van der Waals surface area (Å²) in [5.41, 5.74) is 3.27. The first-order chi connectivity index (χ1) is 7.63. The minimum atomic E-state index is -0.788. The van der Waals surface area contributed by atoms with Gasteiger partial charge in [-0.15, -0.1) is 0 Å². The maximum atomic E-state index is 10.7. The van der Waals surface area contributed by atoms with Crippen molar-refractivity contribution in [3.63, 3.8) is 0 Å². The van der Waals surface area contributed by atoms with E-state index in [9.17, 15) is 4.79 Å². The fourth-order valence-corrected chi connectivity index (χ4v) is 2.17. The van der Waals surface area contributed by atoms with Crippen molar-refractivity contribution in [2.75, 3.05) is 0 Å². The first kappa shape index (κ1) is 10.7. The van der Waals surface area contributed by atoms with Crippen LogP contribution in [0.15, 0.2) is 24.3 Å². The summed E-state index contributed by atoms with van der Waals surface area (Å²) >= 11 is 0. The van der Waals surface area contributed by atoms with Crippen LogP contribution in [0.25, 0.3) is 10.9 Å². The van der Waals surface area contributed by atoms with Crippen LogP contribution in [-0.2, 0) is 24.7 Å². The average molecular weight is 217 g/mol. The zero-order valence-corrected chi connectivity index (χ0v) is 9.53. The van der Waals surface area contributed by atoms with Gasteiger partial charge in [0, 0.05) is 18.1 Å². The second-order valence-corrected chi connectivity index (χ2v) is 3.97. The third kappa shape index (κ3) is 1.69. The van der Waals surface area contributed by atoms with Crippen LogP contribution in [0.1, 0.15) is 18.2 Å². The van der Waals surface area contributed by atoms with Crippen molar-refractivity contribution >= 4 is 16.9 Å². The van der Waals surface area contributed by atoms with E-state index in [1.807, 2.05) is 29.8 Å². The Kier molecular flexibility index (Phi) is 2.69. The molecule has 16 heavy (non-hydrogen) atoms. The molecule has 1 N–H and O–H groups in total. The lowest BCUT2D eigenvalue weighted by atomic mass is 10.1. The minimum absolute atomic E-state index is 0.0777. The lowest BCUT2D eigenvalue weighted by molar-refractivity contribution is -0.136.